The third-order valence-corrected chi connectivity index (χ3v) is 3.78. The molecule has 23 heavy (non-hydrogen) atoms. The average molecular weight is 319 g/mol. The molecule has 8 heteroatoms. The number of rotatable bonds is 5. The second-order valence-electron chi connectivity index (χ2n) is 5.38. The second-order valence-corrected chi connectivity index (χ2v) is 5.38. The smallest absolute Gasteiger partial charge is 0.326 e. The first kappa shape index (κ1) is 16.5. The zero-order valence-electron chi connectivity index (χ0n) is 12.7. The van der Waals surface area contributed by atoms with Gasteiger partial charge in [0.05, 0.1) is 0 Å². The molecule has 0 spiro atoms. The number of carboxylic acids is 1. The zero-order valence-corrected chi connectivity index (χ0v) is 12.7. The van der Waals surface area contributed by atoms with E-state index in [0.717, 1.165) is 0 Å². The molecule has 1 aliphatic heterocycles. The Balaban J connectivity index is 2.17. The van der Waals surface area contributed by atoms with Crippen LogP contribution >= 0.6 is 0 Å². The molecule has 1 saturated heterocycles. The van der Waals surface area contributed by atoms with E-state index in [0.29, 0.717) is 5.56 Å². The van der Waals surface area contributed by atoms with Gasteiger partial charge >= 0.3 is 12.0 Å². The Morgan fingerprint density at radius 2 is 1.87 bits per heavy atom. The Labute approximate surface area is 132 Å². The predicted molar refractivity (Wildman–Crippen MR) is 79.6 cm³/mol. The molecule has 0 aromatic heterocycles. The molecule has 2 atom stereocenters. The summed E-state index contributed by atoms with van der Waals surface area (Å²) in [6.07, 6.45) is 0.267. The molecule has 8 nitrogen and oxygen atoms in total. The van der Waals surface area contributed by atoms with Gasteiger partial charge in [-0.2, -0.15) is 0 Å². The molecule has 0 saturated carbocycles. The van der Waals surface area contributed by atoms with Gasteiger partial charge in [-0.15, -0.1) is 0 Å². The van der Waals surface area contributed by atoms with Crippen molar-refractivity contribution < 1.29 is 24.3 Å². The van der Waals surface area contributed by atoms with Crippen molar-refractivity contribution in [2.75, 3.05) is 0 Å². The van der Waals surface area contributed by atoms with Crippen LogP contribution in [0.3, 0.4) is 0 Å². The van der Waals surface area contributed by atoms with E-state index in [1.165, 1.54) is 12.1 Å². The van der Waals surface area contributed by atoms with E-state index < -0.39 is 35.4 Å². The van der Waals surface area contributed by atoms with Crippen LogP contribution in [0, 0.1) is 0 Å². The summed E-state index contributed by atoms with van der Waals surface area (Å²) < 4.78 is 0. The highest BCUT2D eigenvalue weighted by Gasteiger charge is 2.43. The van der Waals surface area contributed by atoms with Gasteiger partial charge in [0, 0.05) is 5.56 Å². The van der Waals surface area contributed by atoms with E-state index in [4.69, 9.17) is 5.11 Å². The van der Waals surface area contributed by atoms with E-state index >= 15 is 0 Å². The van der Waals surface area contributed by atoms with Gasteiger partial charge < -0.3 is 15.7 Å². The molecule has 1 aliphatic rings. The van der Waals surface area contributed by atoms with Crippen molar-refractivity contribution >= 4 is 23.8 Å². The second kappa shape index (κ2) is 6.07. The molecule has 0 bridgehead atoms. The number of benzene rings is 1. The lowest BCUT2D eigenvalue weighted by Gasteiger charge is -2.21. The summed E-state index contributed by atoms with van der Waals surface area (Å²) in [5.41, 5.74) is -0.413. The van der Waals surface area contributed by atoms with Gasteiger partial charge in [0.25, 0.3) is 11.8 Å². The molecule has 122 valence electrons. The van der Waals surface area contributed by atoms with Gasteiger partial charge in [-0.1, -0.05) is 19.1 Å². The van der Waals surface area contributed by atoms with Gasteiger partial charge in [0.15, 0.2) is 0 Å². The van der Waals surface area contributed by atoms with E-state index in [1.54, 1.807) is 26.0 Å². The van der Waals surface area contributed by atoms with E-state index in [1.807, 2.05) is 0 Å². The van der Waals surface area contributed by atoms with Crippen LogP contribution in [0.4, 0.5) is 4.79 Å². The molecule has 1 aromatic rings. The van der Waals surface area contributed by atoms with Gasteiger partial charge in [0.2, 0.25) is 0 Å². The number of imide groups is 1. The van der Waals surface area contributed by atoms with Crippen LogP contribution in [0.5, 0.6) is 0 Å². The van der Waals surface area contributed by atoms with Crippen LogP contribution in [0.25, 0.3) is 0 Å². The van der Waals surface area contributed by atoms with Crippen LogP contribution in [0.1, 0.15) is 36.2 Å². The quantitative estimate of drug-likeness (QED) is 0.582. The minimum atomic E-state index is -1.20. The Morgan fingerprint density at radius 1 is 1.26 bits per heavy atom. The SMILES string of the molecule is CCC(NC(=O)c1ccc(C2(C)NC(=O)NC2=O)cc1)C(=O)O. The monoisotopic (exact) mass is 319 g/mol. The van der Waals surface area contributed by atoms with Crippen LogP contribution in [0.15, 0.2) is 24.3 Å². The molecule has 4 amide bonds. The zero-order chi connectivity index (χ0) is 17.2. The fraction of sp³-hybridized carbons (Fsp3) is 0.333. The summed E-state index contributed by atoms with van der Waals surface area (Å²) in [7, 11) is 0. The fourth-order valence-corrected chi connectivity index (χ4v) is 2.28. The molecule has 4 N–H and O–H groups in total. The maximum Gasteiger partial charge on any atom is 0.326 e. The lowest BCUT2D eigenvalue weighted by Crippen LogP contribution is -2.41. The number of carbonyl (C=O) groups is 4. The molecule has 1 heterocycles. The number of nitrogens with one attached hydrogen (secondary N) is 3. The molecule has 0 radical (unpaired) electrons. The highest BCUT2D eigenvalue weighted by Crippen LogP contribution is 2.24. The topological polar surface area (TPSA) is 125 Å². The first-order valence-electron chi connectivity index (χ1n) is 7.05. The third kappa shape index (κ3) is 3.15. The fourth-order valence-electron chi connectivity index (χ4n) is 2.28. The lowest BCUT2D eigenvalue weighted by atomic mass is 9.91. The molecule has 2 rings (SSSR count). The van der Waals surface area contributed by atoms with E-state index in [9.17, 15) is 19.2 Å². The Morgan fingerprint density at radius 3 is 2.30 bits per heavy atom. The predicted octanol–water partition coefficient (Wildman–Crippen LogP) is 0.334. The summed E-state index contributed by atoms with van der Waals surface area (Å²) in [4.78, 5) is 46.1. The van der Waals surface area contributed by atoms with Crippen LogP contribution in [-0.4, -0.2) is 35.0 Å². The van der Waals surface area contributed by atoms with Gasteiger partial charge in [0.1, 0.15) is 11.6 Å². The van der Waals surface area contributed by atoms with Gasteiger partial charge in [-0.05, 0) is 31.0 Å². The Bertz CT molecular complexity index is 670. The number of hydrogen-bond donors (Lipinski definition) is 4. The maximum atomic E-state index is 12.0. The Kier molecular flexibility index (Phi) is 4.35. The summed E-state index contributed by atoms with van der Waals surface area (Å²) >= 11 is 0. The van der Waals surface area contributed by atoms with Crippen molar-refractivity contribution in [3.63, 3.8) is 0 Å². The van der Waals surface area contributed by atoms with Crippen LogP contribution < -0.4 is 16.0 Å². The third-order valence-electron chi connectivity index (χ3n) is 3.78. The summed E-state index contributed by atoms with van der Waals surface area (Å²) in [5.74, 6) is -2.09. The van der Waals surface area contributed by atoms with Gasteiger partial charge in [-0.3, -0.25) is 14.9 Å². The van der Waals surface area contributed by atoms with Crippen molar-refractivity contribution in [2.24, 2.45) is 0 Å². The Hall–Kier alpha value is -2.90. The standard InChI is InChI=1S/C15H17N3O5/c1-3-10(12(20)21)16-11(19)8-4-6-9(7-5-8)15(2)13(22)17-14(23)18-15/h4-7,10H,3H2,1-2H3,(H,16,19)(H,20,21)(H2,17,18,22,23). The van der Waals surface area contributed by atoms with Crippen LogP contribution in [-0.2, 0) is 15.1 Å². The number of aliphatic carboxylic acids is 1. The largest absolute Gasteiger partial charge is 0.480 e. The number of amides is 4. The van der Waals surface area contributed by atoms with Crippen molar-refractivity contribution in [3.05, 3.63) is 35.4 Å². The average Bonchev–Trinajstić information content (AvgIpc) is 2.78. The summed E-state index contributed by atoms with van der Waals surface area (Å²) in [5, 5.41) is 16.0. The molecule has 1 fully saturated rings. The lowest BCUT2D eigenvalue weighted by molar-refractivity contribution is -0.139. The number of carbonyl (C=O) groups excluding carboxylic acids is 3. The van der Waals surface area contributed by atoms with Crippen molar-refractivity contribution in [2.45, 2.75) is 31.8 Å². The highest BCUT2D eigenvalue weighted by atomic mass is 16.4. The molecular formula is C15H17N3O5. The normalized spacial score (nSPS) is 21.3. The van der Waals surface area contributed by atoms with E-state index in [-0.39, 0.29) is 12.0 Å². The number of carboxylic acid groups (broad SMARTS) is 1. The summed E-state index contributed by atoms with van der Waals surface area (Å²) in [6.45, 7) is 3.21. The van der Waals surface area contributed by atoms with Gasteiger partial charge in [-0.25, -0.2) is 9.59 Å². The van der Waals surface area contributed by atoms with E-state index in [2.05, 4.69) is 16.0 Å². The first-order valence-corrected chi connectivity index (χ1v) is 7.05. The first-order chi connectivity index (χ1) is 10.8. The van der Waals surface area contributed by atoms with Crippen LogP contribution in [0.2, 0.25) is 0 Å². The minimum Gasteiger partial charge on any atom is -0.480 e. The molecular weight excluding hydrogens is 302 g/mol. The minimum absolute atomic E-state index is 0.266. The maximum absolute atomic E-state index is 12.0. The highest BCUT2D eigenvalue weighted by molar-refractivity contribution is 6.07. The molecule has 0 aliphatic carbocycles. The number of urea groups is 1. The number of hydrogen-bond acceptors (Lipinski definition) is 4. The molecule has 1 aromatic carbocycles. The van der Waals surface area contributed by atoms with Crippen molar-refractivity contribution in [1.82, 2.24) is 16.0 Å². The van der Waals surface area contributed by atoms with Crippen molar-refractivity contribution in [3.8, 4) is 0 Å². The summed E-state index contributed by atoms with van der Waals surface area (Å²) in [6, 6.07) is 4.50. The molecule has 2 unspecified atom stereocenters. The van der Waals surface area contributed by atoms with Crippen molar-refractivity contribution in [1.29, 1.82) is 0 Å².